The van der Waals surface area contributed by atoms with E-state index in [2.05, 4.69) is 19.2 Å². The van der Waals surface area contributed by atoms with Crippen LogP contribution in [0.15, 0.2) is 53.4 Å². The van der Waals surface area contributed by atoms with Crippen LogP contribution in [0.25, 0.3) is 0 Å². The maximum Gasteiger partial charge on any atom is 0.251 e. The van der Waals surface area contributed by atoms with Crippen LogP contribution in [0.2, 0.25) is 0 Å². The van der Waals surface area contributed by atoms with Crippen LogP contribution in [0.5, 0.6) is 5.75 Å². The Bertz CT molecular complexity index is 711. The fraction of sp³-hybridized carbons (Fsp3) is 0.316. The van der Waals surface area contributed by atoms with E-state index in [1.54, 1.807) is 30.5 Å². The summed E-state index contributed by atoms with van der Waals surface area (Å²) in [5.41, 5.74) is 1.53. The Morgan fingerprint density at radius 3 is 2.50 bits per heavy atom. The fourth-order valence-corrected chi connectivity index (χ4v) is 2.61. The molecule has 0 saturated carbocycles. The summed E-state index contributed by atoms with van der Waals surface area (Å²) in [5.74, 6) is 1.12. The predicted octanol–water partition coefficient (Wildman–Crippen LogP) is 3.39. The molecule has 0 aromatic heterocycles. The Hall–Kier alpha value is -2.14. The van der Waals surface area contributed by atoms with E-state index in [1.807, 2.05) is 24.3 Å². The SMILES string of the molecule is CC(C)COc1cccc(CNC(=O)c2ccc(S(C)=O)cc2)c1. The Morgan fingerprint density at radius 2 is 1.88 bits per heavy atom. The van der Waals surface area contributed by atoms with Gasteiger partial charge in [0.2, 0.25) is 0 Å². The van der Waals surface area contributed by atoms with Gasteiger partial charge in [-0.3, -0.25) is 9.00 Å². The molecule has 4 nitrogen and oxygen atoms in total. The molecule has 24 heavy (non-hydrogen) atoms. The highest BCUT2D eigenvalue weighted by molar-refractivity contribution is 7.84. The van der Waals surface area contributed by atoms with Crippen LogP contribution in [0, 0.1) is 5.92 Å². The van der Waals surface area contributed by atoms with Crippen molar-refractivity contribution in [2.24, 2.45) is 5.92 Å². The van der Waals surface area contributed by atoms with Crippen molar-refractivity contribution in [3.05, 3.63) is 59.7 Å². The van der Waals surface area contributed by atoms with Crippen molar-refractivity contribution in [2.75, 3.05) is 12.9 Å². The number of rotatable bonds is 7. The summed E-state index contributed by atoms with van der Waals surface area (Å²) in [5, 5.41) is 2.89. The molecule has 0 spiro atoms. The summed E-state index contributed by atoms with van der Waals surface area (Å²) in [6, 6.07) is 14.5. The molecule has 1 atom stereocenters. The lowest BCUT2D eigenvalue weighted by Crippen LogP contribution is -2.22. The highest BCUT2D eigenvalue weighted by Crippen LogP contribution is 2.14. The molecular formula is C19H23NO3S. The Labute approximate surface area is 145 Å². The topological polar surface area (TPSA) is 55.4 Å². The second-order valence-corrected chi connectivity index (χ2v) is 7.39. The normalized spacial score (nSPS) is 12.0. The maximum absolute atomic E-state index is 12.2. The van der Waals surface area contributed by atoms with Gasteiger partial charge >= 0.3 is 0 Å². The minimum Gasteiger partial charge on any atom is -0.493 e. The molecule has 0 radical (unpaired) electrons. The van der Waals surface area contributed by atoms with Gasteiger partial charge in [0.15, 0.2) is 0 Å². The van der Waals surface area contributed by atoms with E-state index >= 15 is 0 Å². The van der Waals surface area contributed by atoms with Gasteiger partial charge in [0, 0.05) is 34.1 Å². The van der Waals surface area contributed by atoms with Gasteiger partial charge in [-0.25, -0.2) is 0 Å². The Kier molecular flexibility index (Phi) is 6.55. The van der Waals surface area contributed by atoms with Gasteiger partial charge in [-0.15, -0.1) is 0 Å². The first kappa shape index (κ1) is 18.2. The summed E-state index contributed by atoms with van der Waals surface area (Å²) >= 11 is 0. The second-order valence-electron chi connectivity index (χ2n) is 6.01. The number of hydrogen-bond donors (Lipinski definition) is 1. The zero-order valence-corrected chi connectivity index (χ0v) is 15.1. The molecule has 0 heterocycles. The molecule has 2 aromatic carbocycles. The van der Waals surface area contributed by atoms with E-state index in [0.29, 0.717) is 29.5 Å². The lowest BCUT2D eigenvalue weighted by Gasteiger charge is -2.10. The van der Waals surface area contributed by atoms with E-state index in [4.69, 9.17) is 4.74 Å². The van der Waals surface area contributed by atoms with Gasteiger partial charge in [-0.05, 0) is 47.9 Å². The number of amides is 1. The third kappa shape index (κ3) is 5.49. The zero-order valence-electron chi connectivity index (χ0n) is 14.2. The van der Waals surface area contributed by atoms with Gasteiger partial charge in [0.05, 0.1) is 6.61 Å². The minimum absolute atomic E-state index is 0.156. The average Bonchev–Trinajstić information content (AvgIpc) is 2.58. The molecule has 2 aromatic rings. The van der Waals surface area contributed by atoms with Crippen molar-refractivity contribution in [1.82, 2.24) is 5.32 Å². The molecular weight excluding hydrogens is 322 g/mol. The summed E-state index contributed by atoms with van der Waals surface area (Å²) in [4.78, 5) is 12.9. The molecule has 0 bridgehead atoms. The van der Waals surface area contributed by atoms with Gasteiger partial charge in [-0.2, -0.15) is 0 Å². The van der Waals surface area contributed by atoms with E-state index in [-0.39, 0.29) is 5.91 Å². The Balaban J connectivity index is 1.93. The number of carbonyl (C=O) groups is 1. The van der Waals surface area contributed by atoms with Crippen molar-refractivity contribution < 1.29 is 13.7 Å². The van der Waals surface area contributed by atoms with Crippen molar-refractivity contribution in [3.8, 4) is 5.75 Å². The minimum atomic E-state index is -1.04. The summed E-state index contributed by atoms with van der Waals surface area (Å²) in [6.45, 7) is 5.30. The van der Waals surface area contributed by atoms with Gasteiger partial charge < -0.3 is 10.1 Å². The molecule has 1 unspecified atom stereocenters. The van der Waals surface area contributed by atoms with Crippen molar-refractivity contribution in [1.29, 1.82) is 0 Å². The fourth-order valence-electron chi connectivity index (χ4n) is 2.09. The van der Waals surface area contributed by atoms with Crippen molar-refractivity contribution in [2.45, 2.75) is 25.3 Å². The molecule has 0 saturated heterocycles. The van der Waals surface area contributed by atoms with Crippen LogP contribution in [-0.2, 0) is 17.3 Å². The first-order valence-corrected chi connectivity index (χ1v) is 9.45. The number of benzene rings is 2. The van der Waals surface area contributed by atoms with E-state index < -0.39 is 10.8 Å². The van der Waals surface area contributed by atoms with Crippen molar-refractivity contribution >= 4 is 16.7 Å². The number of carbonyl (C=O) groups excluding carboxylic acids is 1. The van der Waals surface area contributed by atoms with Crippen molar-refractivity contribution in [3.63, 3.8) is 0 Å². The van der Waals surface area contributed by atoms with Crippen LogP contribution in [0.1, 0.15) is 29.8 Å². The smallest absolute Gasteiger partial charge is 0.251 e. The molecule has 1 N–H and O–H groups in total. The summed E-state index contributed by atoms with van der Waals surface area (Å²) in [6.07, 6.45) is 1.61. The highest BCUT2D eigenvalue weighted by atomic mass is 32.2. The largest absolute Gasteiger partial charge is 0.493 e. The average molecular weight is 345 g/mol. The van der Waals surface area contributed by atoms with E-state index in [0.717, 1.165) is 11.3 Å². The molecule has 0 aliphatic carbocycles. The summed E-state index contributed by atoms with van der Waals surface area (Å²) in [7, 11) is -1.04. The van der Waals surface area contributed by atoms with Crippen LogP contribution in [0.4, 0.5) is 0 Å². The van der Waals surface area contributed by atoms with Gasteiger partial charge in [0.1, 0.15) is 5.75 Å². The van der Waals surface area contributed by atoms with E-state index in [1.165, 1.54) is 0 Å². The molecule has 128 valence electrons. The first-order valence-electron chi connectivity index (χ1n) is 7.89. The third-order valence-electron chi connectivity index (χ3n) is 3.38. The Morgan fingerprint density at radius 1 is 1.17 bits per heavy atom. The lowest BCUT2D eigenvalue weighted by molar-refractivity contribution is 0.0950. The quantitative estimate of drug-likeness (QED) is 0.837. The standard InChI is InChI=1S/C19H23NO3S/c1-14(2)13-23-17-6-4-5-15(11-17)12-20-19(21)16-7-9-18(10-8-16)24(3)22/h4-11,14H,12-13H2,1-3H3,(H,20,21). The number of nitrogens with one attached hydrogen (secondary N) is 1. The number of ether oxygens (including phenoxy) is 1. The molecule has 0 aliphatic heterocycles. The monoisotopic (exact) mass is 345 g/mol. The molecule has 0 fully saturated rings. The van der Waals surface area contributed by atoms with Gasteiger partial charge in [0.25, 0.3) is 5.91 Å². The predicted molar refractivity (Wildman–Crippen MR) is 96.7 cm³/mol. The third-order valence-corrected chi connectivity index (χ3v) is 4.32. The maximum atomic E-state index is 12.2. The van der Waals surface area contributed by atoms with Crippen LogP contribution in [-0.4, -0.2) is 23.0 Å². The molecule has 5 heteroatoms. The molecule has 2 rings (SSSR count). The van der Waals surface area contributed by atoms with Crippen LogP contribution >= 0.6 is 0 Å². The second kappa shape index (κ2) is 8.64. The van der Waals surface area contributed by atoms with E-state index in [9.17, 15) is 9.00 Å². The lowest BCUT2D eigenvalue weighted by atomic mass is 10.2. The molecule has 0 aliphatic rings. The summed E-state index contributed by atoms with van der Waals surface area (Å²) < 4.78 is 17.1. The van der Waals surface area contributed by atoms with Crippen LogP contribution in [0.3, 0.4) is 0 Å². The number of hydrogen-bond acceptors (Lipinski definition) is 3. The zero-order chi connectivity index (χ0) is 17.5. The van der Waals surface area contributed by atoms with Crippen LogP contribution < -0.4 is 10.1 Å². The highest BCUT2D eigenvalue weighted by Gasteiger charge is 2.07. The molecule has 1 amide bonds. The first-order chi connectivity index (χ1) is 11.5. The van der Waals surface area contributed by atoms with Gasteiger partial charge in [-0.1, -0.05) is 26.0 Å².